The smallest absolute Gasteiger partial charge is 0.151 e. The molecule has 1 unspecified atom stereocenters. The van der Waals surface area contributed by atoms with Crippen LogP contribution in [0.1, 0.15) is 12.0 Å². The molecule has 1 aliphatic rings. The van der Waals surface area contributed by atoms with Crippen LogP contribution >= 0.6 is 0 Å². The summed E-state index contributed by atoms with van der Waals surface area (Å²) in [6.07, 6.45) is 0.674. The Morgan fingerprint density at radius 2 is 1.73 bits per heavy atom. The van der Waals surface area contributed by atoms with Gasteiger partial charge >= 0.3 is 0 Å². The minimum absolute atomic E-state index is 0.514. The maximum Gasteiger partial charge on any atom is 0.151 e. The Bertz CT molecular complexity index is 883. The van der Waals surface area contributed by atoms with Crippen molar-refractivity contribution < 1.29 is 9.84 Å². The van der Waals surface area contributed by atoms with E-state index in [-0.39, 0.29) is 0 Å². The van der Waals surface area contributed by atoms with Gasteiger partial charge in [0, 0.05) is 12.1 Å². The Kier molecular flexibility index (Phi) is 4.31. The zero-order valence-electron chi connectivity index (χ0n) is 14.7. The first-order valence-electron chi connectivity index (χ1n) is 8.70. The molecule has 1 N–H and O–H groups in total. The fourth-order valence-electron chi connectivity index (χ4n) is 3.47. The lowest BCUT2D eigenvalue weighted by Gasteiger charge is -2.24. The van der Waals surface area contributed by atoms with E-state index < -0.39 is 5.60 Å². The Hall–Kier alpha value is -2.92. The SMILES string of the molecule is COc1ccccc1-c1ccc(N2CCC(O)(c3ccccc3)C2)nn1. The second kappa shape index (κ2) is 6.77. The number of ether oxygens (including phenoxy) is 1. The molecular weight excluding hydrogens is 326 g/mol. The number of methoxy groups -OCH3 is 1. The Morgan fingerprint density at radius 3 is 2.46 bits per heavy atom. The Labute approximate surface area is 152 Å². The number of aromatic nitrogens is 2. The third kappa shape index (κ3) is 3.02. The lowest BCUT2D eigenvalue weighted by molar-refractivity contribution is 0.0606. The summed E-state index contributed by atoms with van der Waals surface area (Å²) in [5, 5.41) is 19.7. The van der Waals surface area contributed by atoms with E-state index in [1.807, 2.05) is 66.7 Å². The second-order valence-corrected chi connectivity index (χ2v) is 6.55. The van der Waals surface area contributed by atoms with Gasteiger partial charge in [0.1, 0.15) is 11.4 Å². The number of hydrogen-bond donors (Lipinski definition) is 1. The van der Waals surface area contributed by atoms with E-state index in [4.69, 9.17) is 4.74 Å². The predicted molar refractivity (Wildman–Crippen MR) is 101 cm³/mol. The van der Waals surface area contributed by atoms with Crippen LogP contribution in [0.5, 0.6) is 5.75 Å². The molecule has 2 heterocycles. The highest BCUT2D eigenvalue weighted by Crippen LogP contribution is 2.34. The molecule has 1 fully saturated rings. The quantitative estimate of drug-likeness (QED) is 0.785. The van der Waals surface area contributed by atoms with Crippen molar-refractivity contribution in [3.8, 4) is 17.0 Å². The molecule has 5 heteroatoms. The van der Waals surface area contributed by atoms with Gasteiger partial charge in [-0.25, -0.2) is 0 Å². The first-order chi connectivity index (χ1) is 12.7. The van der Waals surface area contributed by atoms with Gasteiger partial charge in [0.25, 0.3) is 0 Å². The van der Waals surface area contributed by atoms with Crippen LogP contribution in [0.15, 0.2) is 66.7 Å². The van der Waals surface area contributed by atoms with Gasteiger partial charge in [-0.2, -0.15) is 0 Å². The molecular formula is C21H21N3O2. The average molecular weight is 347 g/mol. The highest BCUT2D eigenvalue weighted by atomic mass is 16.5. The topological polar surface area (TPSA) is 58.5 Å². The molecule has 0 amide bonds. The van der Waals surface area contributed by atoms with E-state index in [2.05, 4.69) is 15.1 Å². The summed E-state index contributed by atoms with van der Waals surface area (Å²) in [7, 11) is 1.65. The molecule has 3 aromatic rings. The first-order valence-corrected chi connectivity index (χ1v) is 8.70. The maximum atomic E-state index is 11.0. The van der Waals surface area contributed by atoms with Crippen molar-refractivity contribution in [2.45, 2.75) is 12.0 Å². The van der Waals surface area contributed by atoms with E-state index in [1.54, 1.807) is 7.11 Å². The minimum atomic E-state index is -0.843. The van der Waals surface area contributed by atoms with E-state index in [0.717, 1.165) is 34.9 Å². The van der Waals surface area contributed by atoms with Gasteiger partial charge in [-0.15, -0.1) is 10.2 Å². The number of para-hydroxylation sites is 1. The number of nitrogens with zero attached hydrogens (tertiary/aromatic N) is 3. The molecule has 1 aliphatic heterocycles. The molecule has 2 aromatic carbocycles. The van der Waals surface area contributed by atoms with Crippen molar-refractivity contribution in [3.63, 3.8) is 0 Å². The molecule has 1 aromatic heterocycles. The molecule has 0 radical (unpaired) electrons. The van der Waals surface area contributed by atoms with Crippen molar-refractivity contribution in [1.29, 1.82) is 0 Å². The summed E-state index contributed by atoms with van der Waals surface area (Å²) < 4.78 is 5.39. The number of benzene rings is 2. The minimum Gasteiger partial charge on any atom is -0.496 e. The average Bonchev–Trinajstić information content (AvgIpc) is 3.12. The van der Waals surface area contributed by atoms with Crippen LogP contribution in [-0.4, -0.2) is 35.5 Å². The molecule has 0 bridgehead atoms. The van der Waals surface area contributed by atoms with Crippen molar-refractivity contribution in [2.75, 3.05) is 25.1 Å². The normalized spacial score (nSPS) is 19.5. The maximum absolute atomic E-state index is 11.0. The van der Waals surface area contributed by atoms with Gasteiger partial charge in [0.2, 0.25) is 0 Å². The zero-order chi connectivity index (χ0) is 18.0. The summed E-state index contributed by atoms with van der Waals surface area (Å²) in [6, 6.07) is 21.5. The largest absolute Gasteiger partial charge is 0.496 e. The number of hydrogen-bond acceptors (Lipinski definition) is 5. The molecule has 132 valence electrons. The van der Waals surface area contributed by atoms with E-state index in [1.165, 1.54) is 0 Å². The summed E-state index contributed by atoms with van der Waals surface area (Å²) in [4.78, 5) is 2.08. The molecule has 5 nitrogen and oxygen atoms in total. The van der Waals surface area contributed by atoms with E-state index in [9.17, 15) is 5.11 Å². The van der Waals surface area contributed by atoms with Gasteiger partial charge < -0.3 is 14.7 Å². The van der Waals surface area contributed by atoms with E-state index >= 15 is 0 Å². The monoisotopic (exact) mass is 347 g/mol. The molecule has 1 atom stereocenters. The Balaban J connectivity index is 1.55. The molecule has 1 saturated heterocycles. The van der Waals surface area contributed by atoms with Crippen LogP contribution in [-0.2, 0) is 5.60 Å². The van der Waals surface area contributed by atoms with Gasteiger partial charge in [-0.1, -0.05) is 42.5 Å². The van der Waals surface area contributed by atoms with Crippen LogP contribution in [0.3, 0.4) is 0 Å². The van der Waals surface area contributed by atoms with Crippen molar-refractivity contribution in [1.82, 2.24) is 10.2 Å². The highest BCUT2D eigenvalue weighted by Gasteiger charge is 2.38. The first kappa shape index (κ1) is 16.5. The molecule has 0 aliphatic carbocycles. The van der Waals surface area contributed by atoms with Crippen molar-refractivity contribution in [3.05, 3.63) is 72.3 Å². The van der Waals surface area contributed by atoms with Crippen molar-refractivity contribution >= 4 is 5.82 Å². The fourth-order valence-corrected chi connectivity index (χ4v) is 3.47. The van der Waals surface area contributed by atoms with Gasteiger partial charge in [-0.05, 0) is 36.2 Å². The summed E-state index contributed by atoms with van der Waals surface area (Å²) >= 11 is 0. The summed E-state index contributed by atoms with van der Waals surface area (Å²) in [5.41, 5.74) is 1.78. The van der Waals surface area contributed by atoms with Crippen LogP contribution in [0.2, 0.25) is 0 Å². The molecule has 26 heavy (non-hydrogen) atoms. The lowest BCUT2D eigenvalue weighted by Crippen LogP contribution is -2.31. The number of β-amino-alcohol motifs (C(OH)–C–C–N with tert-alkyl or cyclic N) is 1. The van der Waals surface area contributed by atoms with Gasteiger partial charge in [0.05, 0.1) is 19.3 Å². The molecule has 4 rings (SSSR count). The zero-order valence-corrected chi connectivity index (χ0v) is 14.7. The number of anilines is 1. The number of rotatable bonds is 4. The predicted octanol–water partition coefficient (Wildman–Crippen LogP) is 3.25. The summed E-state index contributed by atoms with van der Waals surface area (Å²) in [5.74, 6) is 1.55. The highest BCUT2D eigenvalue weighted by molar-refractivity contribution is 5.67. The van der Waals surface area contributed by atoms with Crippen LogP contribution < -0.4 is 9.64 Å². The van der Waals surface area contributed by atoms with Gasteiger partial charge in [0.15, 0.2) is 5.82 Å². The van der Waals surface area contributed by atoms with Gasteiger partial charge in [-0.3, -0.25) is 0 Å². The molecule has 0 saturated carbocycles. The lowest BCUT2D eigenvalue weighted by atomic mass is 9.93. The van der Waals surface area contributed by atoms with Crippen LogP contribution in [0, 0.1) is 0 Å². The fraction of sp³-hybridized carbons (Fsp3) is 0.238. The standard InChI is InChI=1S/C21H21N3O2/c1-26-19-10-6-5-9-17(19)18-11-12-20(23-22-18)24-14-13-21(25,15-24)16-7-3-2-4-8-16/h2-12,25H,13-15H2,1H3. The third-order valence-electron chi connectivity index (χ3n) is 4.92. The van der Waals surface area contributed by atoms with E-state index in [0.29, 0.717) is 13.0 Å². The number of aliphatic hydroxyl groups is 1. The third-order valence-corrected chi connectivity index (χ3v) is 4.92. The van der Waals surface area contributed by atoms with Crippen LogP contribution in [0.4, 0.5) is 5.82 Å². The van der Waals surface area contributed by atoms with Crippen LogP contribution in [0.25, 0.3) is 11.3 Å². The second-order valence-electron chi connectivity index (χ2n) is 6.55. The summed E-state index contributed by atoms with van der Waals surface area (Å²) in [6.45, 7) is 1.26. The van der Waals surface area contributed by atoms with Crippen molar-refractivity contribution in [2.24, 2.45) is 0 Å². The molecule has 0 spiro atoms. The Morgan fingerprint density at radius 1 is 0.962 bits per heavy atom.